The molecule has 0 amide bonds. The van der Waals surface area contributed by atoms with Crippen LogP contribution in [0.25, 0.3) is 0 Å². The molecule has 0 aliphatic heterocycles. The fourth-order valence-electron chi connectivity index (χ4n) is 2.27. The number of para-hydroxylation sites is 1. The first-order valence-corrected chi connectivity index (χ1v) is 8.71. The van der Waals surface area contributed by atoms with Crippen molar-refractivity contribution in [1.82, 2.24) is 0 Å². The van der Waals surface area contributed by atoms with Crippen molar-refractivity contribution in [2.45, 2.75) is 58.3 Å². The predicted molar refractivity (Wildman–Crippen MR) is 85.3 cm³/mol. The van der Waals surface area contributed by atoms with Gasteiger partial charge in [0, 0.05) is 23.5 Å². The maximum Gasteiger partial charge on any atom is 0.0482 e. The molecule has 0 spiro atoms. The first kappa shape index (κ1) is 17.2. The van der Waals surface area contributed by atoms with Crippen LogP contribution in [0.3, 0.4) is 0 Å². The van der Waals surface area contributed by atoms with Crippen molar-refractivity contribution in [2.24, 2.45) is 0 Å². The molecule has 0 heterocycles. The highest BCUT2D eigenvalue weighted by Gasteiger charge is 2.05. The van der Waals surface area contributed by atoms with Crippen molar-refractivity contribution in [3.63, 3.8) is 0 Å². The molecule has 1 aromatic carbocycles. The first-order valence-electron chi connectivity index (χ1n) is 7.67. The van der Waals surface area contributed by atoms with Crippen molar-refractivity contribution in [1.29, 1.82) is 0 Å². The van der Waals surface area contributed by atoms with Crippen LogP contribution in [0.5, 0.6) is 0 Å². The Labute approximate surface area is 125 Å². The molecule has 0 saturated heterocycles. The standard InChI is InChI=1S/C16H27NO2S/c1-2-3-4-5-6-7-8-12-15-17(20(18)19)16-13-10-9-11-14-16/h9-11,13-14H,2-8,12,15H2,1H3,(H,18,19)/p-1. The van der Waals surface area contributed by atoms with Crippen LogP contribution in [0.2, 0.25) is 0 Å². The summed E-state index contributed by atoms with van der Waals surface area (Å²) in [6.45, 7) is 2.80. The van der Waals surface area contributed by atoms with E-state index in [1.165, 1.54) is 42.8 Å². The normalized spacial score (nSPS) is 12.3. The molecule has 1 unspecified atom stereocenters. The molecule has 3 nitrogen and oxygen atoms in total. The number of unbranched alkanes of at least 4 members (excludes halogenated alkanes) is 7. The summed E-state index contributed by atoms with van der Waals surface area (Å²) in [7, 11) is 0. The van der Waals surface area contributed by atoms with Crippen molar-refractivity contribution in [2.75, 3.05) is 10.8 Å². The van der Waals surface area contributed by atoms with Crippen LogP contribution in [0, 0.1) is 0 Å². The Balaban J connectivity index is 2.19. The molecule has 4 heteroatoms. The third-order valence-electron chi connectivity index (χ3n) is 3.44. The monoisotopic (exact) mass is 296 g/mol. The van der Waals surface area contributed by atoms with Gasteiger partial charge in [-0.15, -0.1) is 0 Å². The highest BCUT2D eigenvalue weighted by Crippen LogP contribution is 2.16. The average Bonchev–Trinajstić information content (AvgIpc) is 2.46. The van der Waals surface area contributed by atoms with Gasteiger partial charge < -0.3 is 8.86 Å². The molecule has 0 aliphatic rings. The molecule has 0 saturated carbocycles. The zero-order valence-corrected chi connectivity index (χ0v) is 13.2. The van der Waals surface area contributed by atoms with E-state index in [-0.39, 0.29) is 0 Å². The van der Waals surface area contributed by atoms with Crippen LogP contribution < -0.4 is 4.31 Å². The minimum atomic E-state index is -2.18. The van der Waals surface area contributed by atoms with E-state index in [1.807, 2.05) is 30.3 Å². The molecular formula is C16H26NO2S-. The van der Waals surface area contributed by atoms with Crippen LogP contribution in [-0.2, 0) is 11.3 Å². The van der Waals surface area contributed by atoms with E-state index in [2.05, 4.69) is 6.92 Å². The highest BCUT2D eigenvalue weighted by molar-refractivity contribution is 7.80. The van der Waals surface area contributed by atoms with E-state index in [0.717, 1.165) is 18.5 Å². The lowest BCUT2D eigenvalue weighted by molar-refractivity contribution is 0.527. The molecular weight excluding hydrogens is 270 g/mol. The summed E-state index contributed by atoms with van der Waals surface area (Å²) >= 11 is -2.18. The van der Waals surface area contributed by atoms with Gasteiger partial charge in [-0.1, -0.05) is 70.1 Å². The number of nitrogens with zero attached hydrogens (tertiary/aromatic N) is 1. The Morgan fingerprint density at radius 2 is 1.50 bits per heavy atom. The van der Waals surface area contributed by atoms with Gasteiger partial charge in [0.2, 0.25) is 0 Å². The van der Waals surface area contributed by atoms with Crippen molar-refractivity contribution < 1.29 is 8.76 Å². The van der Waals surface area contributed by atoms with E-state index in [0.29, 0.717) is 6.54 Å². The van der Waals surface area contributed by atoms with Gasteiger partial charge in [-0.05, 0) is 18.6 Å². The summed E-state index contributed by atoms with van der Waals surface area (Å²) in [5.41, 5.74) is 0.753. The van der Waals surface area contributed by atoms with Crippen molar-refractivity contribution in [3.8, 4) is 0 Å². The molecule has 114 valence electrons. The van der Waals surface area contributed by atoms with Crippen LogP contribution in [0.1, 0.15) is 58.3 Å². The van der Waals surface area contributed by atoms with Crippen molar-refractivity contribution in [3.05, 3.63) is 30.3 Å². The molecule has 0 aromatic heterocycles. The Morgan fingerprint density at radius 3 is 2.05 bits per heavy atom. The maximum atomic E-state index is 11.3. The van der Waals surface area contributed by atoms with Gasteiger partial charge in [-0.25, -0.2) is 0 Å². The highest BCUT2D eigenvalue weighted by atomic mass is 32.2. The molecule has 0 N–H and O–H groups in total. The minimum absolute atomic E-state index is 0.578. The Morgan fingerprint density at radius 1 is 0.950 bits per heavy atom. The Bertz CT molecular complexity index is 370. The second-order valence-electron chi connectivity index (χ2n) is 5.13. The third kappa shape index (κ3) is 7.06. The number of anilines is 1. The number of hydrogen-bond acceptors (Lipinski definition) is 2. The number of hydrogen-bond donors (Lipinski definition) is 0. The Kier molecular flexibility index (Phi) is 9.33. The molecule has 0 radical (unpaired) electrons. The van der Waals surface area contributed by atoms with Crippen LogP contribution in [-0.4, -0.2) is 15.3 Å². The summed E-state index contributed by atoms with van der Waals surface area (Å²) in [4.78, 5) is 0. The topological polar surface area (TPSA) is 43.4 Å². The van der Waals surface area contributed by atoms with Gasteiger partial charge in [-0.2, -0.15) is 0 Å². The second kappa shape index (κ2) is 10.9. The molecule has 1 rings (SSSR count). The van der Waals surface area contributed by atoms with Gasteiger partial charge in [0.15, 0.2) is 0 Å². The Hall–Kier alpha value is -0.870. The van der Waals surface area contributed by atoms with Gasteiger partial charge in [0.1, 0.15) is 0 Å². The van der Waals surface area contributed by atoms with Gasteiger partial charge in [0.25, 0.3) is 0 Å². The smallest absolute Gasteiger partial charge is 0.0482 e. The molecule has 1 atom stereocenters. The lowest BCUT2D eigenvalue weighted by atomic mass is 10.1. The van der Waals surface area contributed by atoms with E-state index in [1.54, 1.807) is 0 Å². The van der Waals surface area contributed by atoms with E-state index in [9.17, 15) is 8.76 Å². The molecule has 0 fully saturated rings. The largest absolute Gasteiger partial charge is 0.755 e. The van der Waals surface area contributed by atoms with E-state index in [4.69, 9.17) is 0 Å². The van der Waals surface area contributed by atoms with E-state index >= 15 is 0 Å². The fourth-order valence-corrected chi connectivity index (χ4v) is 2.85. The first-order chi connectivity index (χ1) is 9.75. The number of rotatable bonds is 11. The molecule has 20 heavy (non-hydrogen) atoms. The van der Waals surface area contributed by atoms with E-state index < -0.39 is 11.3 Å². The number of benzene rings is 1. The quantitative estimate of drug-likeness (QED) is 0.448. The van der Waals surface area contributed by atoms with Crippen LogP contribution >= 0.6 is 0 Å². The van der Waals surface area contributed by atoms with Crippen molar-refractivity contribution >= 4 is 17.0 Å². The predicted octanol–water partition coefficient (Wildman–Crippen LogP) is 4.43. The van der Waals surface area contributed by atoms with Crippen LogP contribution in [0.4, 0.5) is 5.69 Å². The van der Waals surface area contributed by atoms with Gasteiger partial charge >= 0.3 is 0 Å². The third-order valence-corrected chi connectivity index (χ3v) is 4.19. The molecule has 0 aliphatic carbocycles. The maximum absolute atomic E-state index is 11.3. The summed E-state index contributed by atoms with van der Waals surface area (Å²) in [5, 5.41) is 0. The summed E-state index contributed by atoms with van der Waals surface area (Å²) in [6, 6.07) is 9.29. The summed E-state index contributed by atoms with van der Waals surface area (Å²) < 4.78 is 24.0. The van der Waals surface area contributed by atoms with Crippen LogP contribution in [0.15, 0.2) is 30.3 Å². The molecule has 1 aromatic rings. The zero-order chi connectivity index (χ0) is 14.6. The second-order valence-corrected chi connectivity index (χ2v) is 6.00. The SMILES string of the molecule is CCCCCCCCCCN(c1ccccc1)S(=O)[O-]. The fraction of sp³-hybridized carbons (Fsp3) is 0.625. The summed E-state index contributed by atoms with van der Waals surface area (Å²) in [6.07, 6.45) is 9.76. The average molecular weight is 296 g/mol. The zero-order valence-electron chi connectivity index (χ0n) is 12.4. The summed E-state index contributed by atoms with van der Waals surface area (Å²) in [5.74, 6) is 0. The molecule has 0 bridgehead atoms. The minimum Gasteiger partial charge on any atom is -0.755 e. The lowest BCUT2D eigenvalue weighted by Crippen LogP contribution is -2.26. The van der Waals surface area contributed by atoms with Gasteiger partial charge in [-0.3, -0.25) is 4.21 Å². The lowest BCUT2D eigenvalue weighted by Gasteiger charge is -2.26. The van der Waals surface area contributed by atoms with Gasteiger partial charge in [0.05, 0.1) is 0 Å².